The minimum atomic E-state index is -0.539. The van der Waals surface area contributed by atoms with Crippen LogP contribution in [0.4, 0.5) is 0 Å². The molecule has 0 aliphatic rings. The third kappa shape index (κ3) is 6.84. The first kappa shape index (κ1) is 19.2. The van der Waals surface area contributed by atoms with E-state index in [4.69, 9.17) is 4.42 Å². The van der Waals surface area contributed by atoms with Gasteiger partial charge in [-0.1, -0.05) is 33.6 Å². The Bertz CT molecular complexity index is 497. The highest BCUT2D eigenvalue weighted by Gasteiger charge is 2.18. The van der Waals surface area contributed by atoms with Crippen LogP contribution in [0.3, 0.4) is 0 Å². The third-order valence-corrected chi connectivity index (χ3v) is 3.60. The van der Waals surface area contributed by atoms with Gasteiger partial charge >= 0.3 is 5.97 Å². The lowest BCUT2D eigenvalue weighted by molar-refractivity contribution is -0.132. The number of carbonyl (C=O) groups is 2. The smallest absolute Gasteiger partial charge is 0.360 e. The van der Waals surface area contributed by atoms with E-state index in [0.29, 0.717) is 24.8 Å². The van der Waals surface area contributed by atoms with Gasteiger partial charge in [0.2, 0.25) is 11.8 Å². The van der Waals surface area contributed by atoms with E-state index in [1.54, 1.807) is 4.90 Å². The summed E-state index contributed by atoms with van der Waals surface area (Å²) >= 11 is 0. The molecule has 1 heterocycles. The van der Waals surface area contributed by atoms with E-state index in [-0.39, 0.29) is 18.1 Å². The van der Waals surface area contributed by atoms with E-state index >= 15 is 0 Å². The van der Waals surface area contributed by atoms with Gasteiger partial charge < -0.3 is 14.1 Å². The van der Waals surface area contributed by atoms with Gasteiger partial charge in [0, 0.05) is 13.0 Å². The van der Waals surface area contributed by atoms with Crippen LogP contribution in [-0.4, -0.2) is 35.4 Å². The Balaban J connectivity index is 2.69. The molecule has 0 aliphatic heterocycles. The highest BCUT2D eigenvalue weighted by molar-refractivity contribution is 5.86. The van der Waals surface area contributed by atoms with E-state index < -0.39 is 5.97 Å². The second-order valence-electron chi connectivity index (χ2n) is 6.07. The Morgan fingerprint density at radius 3 is 2.70 bits per heavy atom. The first-order chi connectivity index (χ1) is 11.0. The van der Waals surface area contributed by atoms with Gasteiger partial charge in [0.05, 0.1) is 13.7 Å². The predicted octanol–water partition coefficient (Wildman–Crippen LogP) is 3.42. The Hall–Kier alpha value is -1.85. The molecule has 0 fully saturated rings. The van der Waals surface area contributed by atoms with E-state index in [2.05, 4.69) is 30.5 Å². The average molecular weight is 324 g/mol. The summed E-state index contributed by atoms with van der Waals surface area (Å²) in [5, 5.41) is 0. The van der Waals surface area contributed by atoms with Crippen LogP contribution in [0.5, 0.6) is 0 Å². The fourth-order valence-corrected chi connectivity index (χ4v) is 2.14. The summed E-state index contributed by atoms with van der Waals surface area (Å²) in [6.07, 6.45) is 5.76. The first-order valence-corrected chi connectivity index (χ1v) is 8.28. The molecule has 0 aromatic carbocycles. The van der Waals surface area contributed by atoms with Crippen molar-refractivity contribution < 1.29 is 18.7 Å². The quantitative estimate of drug-likeness (QED) is 0.487. The molecule has 1 aromatic rings. The van der Waals surface area contributed by atoms with E-state index in [1.807, 2.05) is 0 Å². The number of methoxy groups -OCH3 is 1. The molecular formula is C17H28N2O4. The van der Waals surface area contributed by atoms with Gasteiger partial charge in [-0.2, -0.15) is 0 Å². The summed E-state index contributed by atoms with van der Waals surface area (Å²) in [5.41, 5.74) is 0.129. The van der Waals surface area contributed by atoms with Gasteiger partial charge in [0.25, 0.3) is 0 Å². The lowest BCUT2D eigenvalue weighted by atomic mass is 10.1. The number of rotatable bonds is 10. The monoisotopic (exact) mass is 324 g/mol. The maximum absolute atomic E-state index is 12.4. The molecule has 130 valence electrons. The van der Waals surface area contributed by atoms with Gasteiger partial charge in [-0.3, -0.25) is 4.79 Å². The van der Waals surface area contributed by atoms with E-state index in [9.17, 15) is 9.59 Å². The molecule has 23 heavy (non-hydrogen) atoms. The Kier molecular flexibility index (Phi) is 8.37. The Morgan fingerprint density at radius 1 is 1.35 bits per heavy atom. The summed E-state index contributed by atoms with van der Waals surface area (Å²) in [6.45, 7) is 7.32. The second kappa shape index (κ2) is 10.0. The zero-order valence-corrected chi connectivity index (χ0v) is 14.6. The number of nitrogens with zero attached hydrogens (tertiary/aromatic N) is 2. The number of esters is 1. The molecule has 0 bridgehead atoms. The molecule has 0 spiro atoms. The van der Waals surface area contributed by atoms with Crippen molar-refractivity contribution in [1.29, 1.82) is 0 Å². The first-order valence-electron chi connectivity index (χ1n) is 8.28. The van der Waals surface area contributed by atoms with Crippen molar-refractivity contribution in [3.63, 3.8) is 0 Å². The second-order valence-corrected chi connectivity index (χ2v) is 6.07. The molecule has 6 heteroatoms. The number of hydrogen-bond donors (Lipinski definition) is 0. The minimum absolute atomic E-state index is 0.108. The van der Waals surface area contributed by atoms with Crippen LogP contribution in [0.1, 0.15) is 69.3 Å². The summed E-state index contributed by atoms with van der Waals surface area (Å²) in [6, 6.07) is 0. The van der Waals surface area contributed by atoms with Crippen LogP contribution in [-0.2, 0) is 16.1 Å². The highest BCUT2D eigenvalue weighted by Crippen LogP contribution is 2.12. The van der Waals surface area contributed by atoms with Gasteiger partial charge in [-0.05, 0) is 18.8 Å². The van der Waals surface area contributed by atoms with Crippen LogP contribution in [0.25, 0.3) is 0 Å². The molecule has 6 nitrogen and oxygen atoms in total. The van der Waals surface area contributed by atoms with Crippen LogP contribution in [0.2, 0.25) is 0 Å². The number of carbonyl (C=O) groups excluding carboxylic acids is 2. The normalized spacial score (nSPS) is 10.8. The molecule has 0 saturated carbocycles. The number of amides is 1. The zero-order valence-electron chi connectivity index (χ0n) is 14.6. The molecule has 0 N–H and O–H groups in total. The van der Waals surface area contributed by atoms with E-state index in [0.717, 1.165) is 25.7 Å². The lowest BCUT2D eigenvalue weighted by Crippen LogP contribution is -2.32. The largest absolute Gasteiger partial charge is 0.464 e. The SMILES string of the molecule is CCCCCC(=O)N(CCC(C)C)Cc1nc(C(=O)OC)co1. The van der Waals surface area contributed by atoms with Crippen LogP contribution < -0.4 is 0 Å². The summed E-state index contributed by atoms with van der Waals surface area (Å²) in [5.74, 6) is 0.439. The lowest BCUT2D eigenvalue weighted by Gasteiger charge is -2.22. The number of aromatic nitrogens is 1. The standard InChI is InChI=1S/C17H28N2O4/c1-5-6-7-8-16(20)19(10-9-13(2)3)11-15-18-14(12-23-15)17(21)22-4/h12-13H,5-11H2,1-4H3. The molecule has 1 aromatic heterocycles. The van der Waals surface area contributed by atoms with Crippen molar-refractivity contribution >= 4 is 11.9 Å². The molecule has 0 unspecified atom stereocenters. The molecule has 0 aliphatic carbocycles. The summed E-state index contributed by atoms with van der Waals surface area (Å²) in [7, 11) is 1.29. The fraction of sp³-hybridized carbons (Fsp3) is 0.706. The van der Waals surface area contributed by atoms with Crippen LogP contribution >= 0.6 is 0 Å². The molecule has 0 saturated heterocycles. The summed E-state index contributed by atoms with van der Waals surface area (Å²) < 4.78 is 9.90. The molecule has 0 atom stereocenters. The molecule has 1 rings (SSSR count). The van der Waals surface area contributed by atoms with Crippen LogP contribution in [0, 0.1) is 5.92 Å². The van der Waals surface area contributed by atoms with Crippen molar-refractivity contribution in [1.82, 2.24) is 9.88 Å². The van der Waals surface area contributed by atoms with Crippen molar-refractivity contribution in [2.24, 2.45) is 5.92 Å². The van der Waals surface area contributed by atoms with Crippen molar-refractivity contribution in [2.45, 2.75) is 59.4 Å². The van der Waals surface area contributed by atoms with Gasteiger partial charge in [-0.25, -0.2) is 9.78 Å². The predicted molar refractivity (Wildman–Crippen MR) is 86.9 cm³/mol. The minimum Gasteiger partial charge on any atom is -0.464 e. The van der Waals surface area contributed by atoms with E-state index in [1.165, 1.54) is 13.4 Å². The summed E-state index contributed by atoms with van der Waals surface area (Å²) in [4.78, 5) is 29.7. The number of oxazole rings is 1. The molecule has 0 radical (unpaired) electrons. The Morgan fingerprint density at radius 2 is 2.09 bits per heavy atom. The third-order valence-electron chi connectivity index (χ3n) is 3.60. The van der Waals surface area contributed by atoms with Crippen molar-refractivity contribution in [2.75, 3.05) is 13.7 Å². The zero-order chi connectivity index (χ0) is 17.2. The van der Waals surface area contributed by atoms with Gasteiger partial charge in [-0.15, -0.1) is 0 Å². The average Bonchev–Trinajstić information content (AvgIpc) is 2.99. The number of hydrogen-bond acceptors (Lipinski definition) is 5. The topological polar surface area (TPSA) is 72.6 Å². The van der Waals surface area contributed by atoms with Crippen molar-refractivity contribution in [3.05, 3.63) is 17.8 Å². The number of unbranched alkanes of at least 4 members (excludes halogenated alkanes) is 2. The highest BCUT2D eigenvalue weighted by atomic mass is 16.5. The number of ether oxygens (including phenoxy) is 1. The molecule has 1 amide bonds. The Labute approximate surface area is 138 Å². The fourth-order valence-electron chi connectivity index (χ4n) is 2.14. The van der Waals surface area contributed by atoms with Gasteiger partial charge in [0.15, 0.2) is 5.69 Å². The van der Waals surface area contributed by atoms with Crippen molar-refractivity contribution in [3.8, 4) is 0 Å². The van der Waals surface area contributed by atoms with Gasteiger partial charge in [0.1, 0.15) is 6.26 Å². The molecular weight excluding hydrogens is 296 g/mol. The maximum atomic E-state index is 12.4. The maximum Gasteiger partial charge on any atom is 0.360 e. The van der Waals surface area contributed by atoms with Crippen LogP contribution in [0.15, 0.2) is 10.7 Å².